The number of hydrogen-bond donors (Lipinski definition) is 1. The van der Waals surface area contributed by atoms with Crippen LogP contribution in [0.2, 0.25) is 0 Å². The Morgan fingerprint density at radius 1 is 1.38 bits per heavy atom. The summed E-state index contributed by atoms with van der Waals surface area (Å²) in [6.07, 6.45) is 2.62. The molecule has 0 spiro atoms. The first-order valence-electron chi connectivity index (χ1n) is 6.41. The molecule has 1 aliphatic heterocycles. The molecule has 0 aromatic heterocycles. The standard InChI is InChI=1S/C13H16BrN3O2S.ClH/c14-11-5-10(8-15)6-13(7-11)20(18,19)17-4-2-1-3-12(17)9-16;/h5-7,12H,1-4,9,16H2;1H. The first-order valence-corrected chi connectivity index (χ1v) is 8.65. The first kappa shape index (κ1) is 18.4. The van der Waals surface area contributed by atoms with Crippen LogP contribution in [0.4, 0.5) is 0 Å². The number of halogens is 2. The average Bonchev–Trinajstić information content (AvgIpc) is 2.46. The number of benzene rings is 1. The van der Waals surface area contributed by atoms with E-state index in [0.717, 1.165) is 19.3 Å². The zero-order valence-corrected chi connectivity index (χ0v) is 14.5. The van der Waals surface area contributed by atoms with Gasteiger partial charge in [0, 0.05) is 23.6 Å². The van der Waals surface area contributed by atoms with Crippen molar-refractivity contribution < 1.29 is 8.42 Å². The van der Waals surface area contributed by atoms with Crippen LogP contribution in [0.25, 0.3) is 0 Å². The lowest BCUT2D eigenvalue weighted by molar-refractivity contribution is 0.257. The topological polar surface area (TPSA) is 87.2 Å². The largest absolute Gasteiger partial charge is 0.329 e. The molecule has 1 fully saturated rings. The van der Waals surface area contributed by atoms with Gasteiger partial charge in [-0.15, -0.1) is 12.4 Å². The zero-order valence-electron chi connectivity index (χ0n) is 11.3. The van der Waals surface area contributed by atoms with Crippen molar-refractivity contribution in [3.8, 4) is 6.07 Å². The molecule has 8 heteroatoms. The lowest BCUT2D eigenvalue weighted by Crippen LogP contribution is -2.47. The molecule has 1 saturated heterocycles. The highest BCUT2D eigenvalue weighted by Crippen LogP contribution is 2.27. The maximum absolute atomic E-state index is 12.7. The minimum absolute atomic E-state index is 0. The molecule has 0 radical (unpaired) electrons. The van der Waals surface area contributed by atoms with Crippen LogP contribution in [0, 0.1) is 11.3 Å². The molecule has 1 heterocycles. The van der Waals surface area contributed by atoms with Crippen molar-refractivity contribution in [2.75, 3.05) is 13.1 Å². The highest BCUT2D eigenvalue weighted by atomic mass is 79.9. The smallest absolute Gasteiger partial charge is 0.243 e. The number of nitrogens with two attached hydrogens (primary N) is 1. The summed E-state index contributed by atoms with van der Waals surface area (Å²) < 4.78 is 27.5. The SMILES string of the molecule is Cl.N#Cc1cc(Br)cc(S(=O)(=O)N2CCCCC2CN)c1. The van der Waals surface area contributed by atoms with Gasteiger partial charge in [-0.05, 0) is 31.0 Å². The number of piperidine rings is 1. The molecule has 21 heavy (non-hydrogen) atoms. The molecule has 1 unspecified atom stereocenters. The van der Waals surface area contributed by atoms with Crippen molar-refractivity contribution >= 4 is 38.4 Å². The summed E-state index contributed by atoms with van der Waals surface area (Å²) in [5.74, 6) is 0. The quantitative estimate of drug-likeness (QED) is 0.851. The van der Waals surface area contributed by atoms with Crippen molar-refractivity contribution in [2.24, 2.45) is 5.73 Å². The van der Waals surface area contributed by atoms with Gasteiger partial charge in [-0.1, -0.05) is 22.4 Å². The van der Waals surface area contributed by atoms with Crippen LogP contribution in [0.1, 0.15) is 24.8 Å². The van der Waals surface area contributed by atoms with Gasteiger partial charge in [0.1, 0.15) is 0 Å². The summed E-state index contributed by atoms with van der Waals surface area (Å²) in [5.41, 5.74) is 6.01. The van der Waals surface area contributed by atoms with E-state index in [2.05, 4.69) is 15.9 Å². The van der Waals surface area contributed by atoms with Gasteiger partial charge < -0.3 is 5.73 Å². The summed E-state index contributed by atoms with van der Waals surface area (Å²) in [6, 6.07) is 6.34. The van der Waals surface area contributed by atoms with Crippen LogP contribution in [0.15, 0.2) is 27.6 Å². The molecule has 0 aliphatic carbocycles. The third-order valence-corrected chi connectivity index (χ3v) is 5.84. The van der Waals surface area contributed by atoms with E-state index >= 15 is 0 Å². The Morgan fingerprint density at radius 3 is 2.71 bits per heavy atom. The predicted molar refractivity (Wildman–Crippen MR) is 86.7 cm³/mol. The fourth-order valence-corrected chi connectivity index (χ4v) is 4.86. The van der Waals surface area contributed by atoms with Crippen molar-refractivity contribution in [3.63, 3.8) is 0 Å². The van der Waals surface area contributed by atoms with Crippen LogP contribution in [0.5, 0.6) is 0 Å². The zero-order chi connectivity index (χ0) is 14.8. The summed E-state index contributed by atoms with van der Waals surface area (Å²) in [7, 11) is -3.61. The van der Waals surface area contributed by atoms with Crippen LogP contribution >= 0.6 is 28.3 Å². The first-order chi connectivity index (χ1) is 9.48. The average molecular weight is 395 g/mol. The van der Waals surface area contributed by atoms with Gasteiger partial charge in [0.15, 0.2) is 0 Å². The second-order valence-electron chi connectivity index (χ2n) is 4.79. The Kier molecular flexibility index (Phi) is 6.63. The normalized spacial score (nSPS) is 19.6. The van der Waals surface area contributed by atoms with Gasteiger partial charge in [-0.3, -0.25) is 0 Å². The fraction of sp³-hybridized carbons (Fsp3) is 0.462. The molecule has 1 atom stereocenters. The van der Waals surface area contributed by atoms with E-state index in [-0.39, 0.29) is 23.3 Å². The minimum atomic E-state index is -3.61. The van der Waals surface area contributed by atoms with Crippen LogP contribution in [0.3, 0.4) is 0 Å². The molecule has 1 aromatic carbocycles. The summed E-state index contributed by atoms with van der Waals surface area (Å²) in [6.45, 7) is 0.803. The maximum Gasteiger partial charge on any atom is 0.243 e. The lowest BCUT2D eigenvalue weighted by Gasteiger charge is -2.33. The minimum Gasteiger partial charge on any atom is -0.329 e. The highest BCUT2D eigenvalue weighted by molar-refractivity contribution is 9.10. The Labute approximate surface area is 139 Å². The third kappa shape index (κ3) is 3.96. The second kappa shape index (κ2) is 7.56. The Hall–Kier alpha value is -0.650. The molecule has 2 N–H and O–H groups in total. The van der Waals surface area contributed by atoms with Gasteiger partial charge >= 0.3 is 0 Å². The van der Waals surface area contributed by atoms with E-state index in [1.54, 1.807) is 6.07 Å². The predicted octanol–water partition coefficient (Wildman–Crippen LogP) is 2.24. The number of rotatable bonds is 3. The molecular formula is C13H17BrClN3O2S. The molecule has 2 rings (SSSR count). The molecular weight excluding hydrogens is 378 g/mol. The Bertz CT molecular complexity index is 645. The molecule has 0 bridgehead atoms. The van der Waals surface area contributed by atoms with Gasteiger partial charge in [-0.2, -0.15) is 9.57 Å². The van der Waals surface area contributed by atoms with E-state index in [1.807, 2.05) is 6.07 Å². The van der Waals surface area contributed by atoms with Crippen LogP contribution in [-0.2, 0) is 10.0 Å². The van der Waals surface area contributed by atoms with Gasteiger partial charge in [0.05, 0.1) is 16.5 Å². The molecule has 5 nitrogen and oxygen atoms in total. The molecule has 1 aliphatic rings. The van der Waals surface area contributed by atoms with E-state index in [4.69, 9.17) is 11.0 Å². The van der Waals surface area contributed by atoms with Gasteiger partial charge in [0.25, 0.3) is 0 Å². The van der Waals surface area contributed by atoms with E-state index < -0.39 is 10.0 Å². The maximum atomic E-state index is 12.7. The summed E-state index contributed by atoms with van der Waals surface area (Å²) in [5, 5.41) is 8.96. The Balaban J connectivity index is 0.00000220. The van der Waals surface area contributed by atoms with E-state index in [1.165, 1.54) is 16.4 Å². The monoisotopic (exact) mass is 393 g/mol. The fourth-order valence-electron chi connectivity index (χ4n) is 2.44. The molecule has 0 saturated carbocycles. The van der Waals surface area contributed by atoms with Gasteiger partial charge in [-0.25, -0.2) is 8.42 Å². The van der Waals surface area contributed by atoms with Crippen LogP contribution < -0.4 is 5.73 Å². The summed E-state index contributed by atoms with van der Waals surface area (Å²) >= 11 is 3.24. The van der Waals surface area contributed by atoms with Gasteiger partial charge in [0.2, 0.25) is 10.0 Å². The highest BCUT2D eigenvalue weighted by Gasteiger charge is 2.32. The second-order valence-corrected chi connectivity index (χ2v) is 7.59. The van der Waals surface area contributed by atoms with Crippen LogP contribution in [-0.4, -0.2) is 31.9 Å². The van der Waals surface area contributed by atoms with E-state index in [0.29, 0.717) is 23.1 Å². The van der Waals surface area contributed by atoms with Crippen molar-refractivity contribution in [3.05, 3.63) is 28.2 Å². The van der Waals surface area contributed by atoms with Crippen molar-refractivity contribution in [1.82, 2.24) is 4.31 Å². The number of sulfonamides is 1. The Morgan fingerprint density at radius 2 is 2.10 bits per heavy atom. The van der Waals surface area contributed by atoms with E-state index in [9.17, 15) is 8.42 Å². The number of hydrogen-bond acceptors (Lipinski definition) is 4. The molecule has 0 amide bonds. The molecule has 116 valence electrons. The lowest BCUT2D eigenvalue weighted by atomic mass is 10.1. The number of nitrogens with zero attached hydrogens (tertiary/aromatic N) is 2. The van der Waals surface area contributed by atoms with Crippen molar-refractivity contribution in [1.29, 1.82) is 5.26 Å². The molecule has 1 aromatic rings. The van der Waals surface area contributed by atoms with Crippen molar-refractivity contribution in [2.45, 2.75) is 30.2 Å². The third-order valence-electron chi connectivity index (χ3n) is 3.45. The number of nitriles is 1. The summed E-state index contributed by atoms with van der Waals surface area (Å²) in [4.78, 5) is 0.142.